The van der Waals surface area contributed by atoms with E-state index in [1.54, 1.807) is 24.3 Å². The van der Waals surface area contributed by atoms with Gasteiger partial charge in [0.2, 0.25) is 5.89 Å². The first-order chi connectivity index (χ1) is 13.9. The lowest BCUT2D eigenvalue weighted by molar-refractivity contribution is -0.137. The fourth-order valence-electron chi connectivity index (χ4n) is 2.73. The van der Waals surface area contributed by atoms with Crippen LogP contribution in [0.2, 0.25) is 0 Å². The molecule has 4 rings (SSSR count). The molecule has 0 bridgehead atoms. The third-order valence-corrected chi connectivity index (χ3v) is 4.15. The molecule has 0 aliphatic heterocycles. The first kappa shape index (κ1) is 18.5. The topological polar surface area (TPSA) is 67.2 Å². The standard InChI is InChI=1S/C21H14F3N3O2/c22-21(23,24)14-7-11-16(12-8-14)26-20(28)25-15-9-5-13(6-10-15)19-27-17-3-1-2-4-18(17)29-19/h1-12H,(H2,25,26,28). The Morgan fingerprint density at radius 3 is 2.00 bits per heavy atom. The average Bonchev–Trinajstić information content (AvgIpc) is 3.12. The van der Waals surface area contributed by atoms with Crippen molar-refractivity contribution < 1.29 is 22.4 Å². The number of aromatic nitrogens is 1. The van der Waals surface area contributed by atoms with Crippen LogP contribution < -0.4 is 10.6 Å². The van der Waals surface area contributed by atoms with Gasteiger partial charge in [0, 0.05) is 16.9 Å². The number of amides is 2. The van der Waals surface area contributed by atoms with Crippen molar-refractivity contribution in [3.63, 3.8) is 0 Å². The molecule has 0 saturated heterocycles. The molecule has 0 aliphatic carbocycles. The molecule has 4 aromatic rings. The summed E-state index contributed by atoms with van der Waals surface area (Å²) in [7, 11) is 0. The van der Waals surface area contributed by atoms with Gasteiger partial charge in [-0.05, 0) is 60.7 Å². The maximum atomic E-state index is 12.6. The lowest BCUT2D eigenvalue weighted by Gasteiger charge is -2.10. The van der Waals surface area contributed by atoms with Gasteiger partial charge >= 0.3 is 12.2 Å². The number of anilines is 2. The highest BCUT2D eigenvalue weighted by atomic mass is 19.4. The molecule has 0 spiro atoms. The molecule has 2 amide bonds. The number of halogens is 3. The number of benzene rings is 3. The van der Waals surface area contributed by atoms with Gasteiger partial charge in [-0.3, -0.25) is 0 Å². The van der Waals surface area contributed by atoms with Gasteiger partial charge in [0.05, 0.1) is 5.56 Å². The molecule has 0 radical (unpaired) electrons. The summed E-state index contributed by atoms with van der Waals surface area (Å²) in [5.74, 6) is 0.465. The number of rotatable bonds is 3. The van der Waals surface area contributed by atoms with Gasteiger partial charge in [0.15, 0.2) is 5.58 Å². The molecule has 1 heterocycles. The smallest absolute Gasteiger partial charge is 0.416 e. The third kappa shape index (κ3) is 4.21. The highest BCUT2D eigenvalue weighted by Gasteiger charge is 2.29. The summed E-state index contributed by atoms with van der Waals surface area (Å²) in [6.45, 7) is 0. The SMILES string of the molecule is O=C(Nc1ccc(-c2nc3ccccc3o2)cc1)Nc1ccc(C(F)(F)F)cc1. The van der Waals surface area contributed by atoms with Crippen molar-refractivity contribution in [1.29, 1.82) is 0 Å². The van der Waals surface area contributed by atoms with Crippen molar-refractivity contribution >= 4 is 28.5 Å². The number of carbonyl (C=O) groups excluding carboxylic acids is 1. The Labute approximate surface area is 163 Å². The number of hydrogen-bond acceptors (Lipinski definition) is 3. The quantitative estimate of drug-likeness (QED) is 0.435. The maximum absolute atomic E-state index is 12.6. The summed E-state index contributed by atoms with van der Waals surface area (Å²) in [5.41, 5.74) is 2.15. The number of hydrogen-bond donors (Lipinski definition) is 2. The van der Waals surface area contributed by atoms with Gasteiger partial charge in [-0.25, -0.2) is 9.78 Å². The molecule has 5 nitrogen and oxygen atoms in total. The van der Waals surface area contributed by atoms with Gasteiger partial charge in [0.25, 0.3) is 0 Å². The van der Waals surface area contributed by atoms with Crippen molar-refractivity contribution in [2.45, 2.75) is 6.18 Å². The zero-order chi connectivity index (χ0) is 20.4. The predicted octanol–water partition coefficient (Wildman–Crippen LogP) is 6.16. The minimum Gasteiger partial charge on any atom is -0.436 e. The maximum Gasteiger partial charge on any atom is 0.416 e. The third-order valence-electron chi connectivity index (χ3n) is 4.15. The molecule has 0 saturated carbocycles. The summed E-state index contributed by atoms with van der Waals surface area (Å²) in [5, 5.41) is 5.10. The Kier molecular flexibility index (Phi) is 4.67. The fraction of sp³-hybridized carbons (Fsp3) is 0.0476. The van der Waals surface area contributed by atoms with Crippen molar-refractivity contribution in [2.24, 2.45) is 0 Å². The minimum atomic E-state index is -4.42. The van der Waals surface area contributed by atoms with Gasteiger partial charge in [0.1, 0.15) is 5.52 Å². The Bertz CT molecular complexity index is 1120. The van der Waals surface area contributed by atoms with Crippen molar-refractivity contribution in [2.75, 3.05) is 10.6 Å². The number of fused-ring (bicyclic) bond motifs is 1. The van der Waals surface area contributed by atoms with Gasteiger partial charge < -0.3 is 15.1 Å². The van der Waals surface area contributed by atoms with Crippen LogP contribution in [0.1, 0.15) is 5.56 Å². The van der Waals surface area contributed by atoms with Crippen LogP contribution in [0.5, 0.6) is 0 Å². The van der Waals surface area contributed by atoms with E-state index in [0.717, 1.165) is 23.2 Å². The Balaban J connectivity index is 1.41. The highest BCUT2D eigenvalue weighted by molar-refractivity contribution is 5.99. The van der Waals surface area contributed by atoms with Gasteiger partial charge in [-0.1, -0.05) is 12.1 Å². The fourth-order valence-corrected chi connectivity index (χ4v) is 2.73. The van der Waals surface area contributed by atoms with E-state index in [0.29, 0.717) is 17.2 Å². The van der Waals surface area contributed by atoms with E-state index >= 15 is 0 Å². The molecule has 29 heavy (non-hydrogen) atoms. The van der Waals surface area contributed by atoms with Crippen LogP contribution in [0, 0.1) is 0 Å². The van der Waals surface area contributed by atoms with Crippen LogP contribution in [0.4, 0.5) is 29.3 Å². The normalized spacial score (nSPS) is 11.4. The van der Waals surface area contributed by atoms with Crippen molar-refractivity contribution in [3.8, 4) is 11.5 Å². The molecule has 8 heteroatoms. The Morgan fingerprint density at radius 2 is 1.41 bits per heavy atom. The number of urea groups is 1. The molecule has 0 fully saturated rings. The number of oxazole rings is 1. The van der Waals surface area contributed by atoms with E-state index in [2.05, 4.69) is 15.6 Å². The summed E-state index contributed by atoms with van der Waals surface area (Å²) in [4.78, 5) is 16.5. The summed E-state index contributed by atoms with van der Waals surface area (Å²) >= 11 is 0. The second-order valence-electron chi connectivity index (χ2n) is 6.22. The highest BCUT2D eigenvalue weighted by Crippen LogP contribution is 2.30. The molecule has 2 N–H and O–H groups in total. The molecule has 1 aromatic heterocycles. The molecule has 146 valence electrons. The van der Waals surface area contributed by atoms with Crippen LogP contribution >= 0.6 is 0 Å². The molecule has 0 atom stereocenters. The van der Waals surface area contributed by atoms with Crippen molar-refractivity contribution in [3.05, 3.63) is 78.4 Å². The first-order valence-electron chi connectivity index (χ1n) is 8.60. The Hall–Kier alpha value is -3.81. The Morgan fingerprint density at radius 1 is 0.828 bits per heavy atom. The van der Waals surface area contributed by atoms with E-state index < -0.39 is 17.8 Å². The van der Waals surface area contributed by atoms with Crippen LogP contribution in [0.25, 0.3) is 22.6 Å². The van der Waals surface area contributed by atoms with Crippen LogP contribution in [-0.4, -0.2) is 11.0 Å². The van der Waals surface area contributed by atoms with Crippen LogP contribution in [-0.2, 0) is 6.18 Å². The van der Waals surface area contributed by atoms with Gasteiger partial charge in [-0.15, -0.1) is 0 Å². The van der Waals surface area contributed by atoms with E-state index in [9.17, 15) is 18.0 Å². The van der Waals surface area contributed by atoms with Crippen molar-refractivity contribution in [1.82, 2.24) is 4.98 Å². The average molecular weight is 397 g/mol. The zero-order valence-corrected chi connectivity index (χ0v) is 14.8. The van der Waals surface area contributed by atoms with Gasteiger partial charge in [-0.2, -0.15) is 13.2 Å². The zero-order valence-electron chi connectivity index (χ0n) is 14.8. The largest absolute Gasteiger partial charge is 0.436 e. The number of carbonyl (C=O) groups is 1. The molecule has 0 unspecified atom stereocenters. The second kappa shape index (κ2) is 7.31. The molecular weight excluding hydrogens is 383 g/mol. The van der Waals surface area contributed by atoms with E-state index in [1.807, 2.05) is 24.3 Å². The molecule has 3 aromatic carbocycles. The number of para-hydroxylation sites is 2. The molecular formula is C21H14F3N3O2. The predicted molar refractivity (Wildman–Crippen MR) is 104 cm³/mol. The van der Waals surface area contributed by atoms with E-state index in [4.69, 9.17) is 4.42 Å². The number of alkyl halides is 3. The lowest BCUT2D eigenvalue weighted by Crippen LogP contribution is -2.19. The number of nitrogens with one attached hydrogen (secondary N) is 2. The molecule has 0 aliphatic rings. The summed E-state index contributed by atoms with van der Waals surface area (Å²) in [6, 6.07) is 17.9. The number of nitrogens with zero attached hydrogens (tertiary/aromatic N) is 1. The van der Waals surface area contributed by atoms with Crippen LogP contribution in [0.15, 0.2) is 77.2 Å². The lowest BCUT2D eigenvalue weighted by atomic mass is 10.2. The summed E-state index contributed by atoms with van der Waals surface area (Å²) < 4.78 is 43.4. The second-order valence-corrected chi connectivity index (χ2v) is 6.22. The van der Waals surface area contributed by atoms with E-state index in [-0.39, 0.29) is 5.69 Å². The van der Waals surface area contributed by atoms with E-state index in [1.165, 1.54) is 12.1 Å². The first-order valence-corrected chi connectivity index (χ1v) is 8.60. The minimum absolute atomic E-state index is 0.249. The summed E-state index contributed by atoms with van der Waals surface area (Å²) in [6.07, 6.45) is -4.42. The van der Waals surface area contributed by atoms with Crippen LogP contribution in [0.3, 0.4) is 0 Å². The monoisotopic (exact) mass is 397 g/mol.